The molecule has 254 valence electrons. The molecule has 0 spiro atoms. The molecule has 4 rings (SSSR count). The second kappa shape index (κ2) is 15.4. The van der Waals surface area contributed by atoms with Crippen LogP contribution in [0.15, 0.2) is 59.5 Å². The molecule has 0 bridgehead atoms. The van der Waals surface area contributed by atoms with Crippen LogP contribution in [0.1, 0.15) is 32.3 Å². The number of carbonyl (C=O) groups is 2. The summed E-state index contributed by atoms with van der Waals surface area (Å²) in [5.41, 5.74) is 0.675. The molecular weight excluding hydrogens is 616 g/mol. The predicted octanol–water partition coefficient (Wildman–Crippen LogP) is 1.87. The number of aliphatic hydroxyl groups is 1. The van der Waals surface area contributed by atoms with Gasteiger partial charge >= 0.3 is 6.09 Å². The van der Waals surface area contributed by atoms with Crippen molar-refractivity contribution in [1.82, 2.24) is 14.5 Å². The van der Waals surface area contributed by atoms with E-state index in [1.807, 2.05) is 44.2 Å². The molecule has 2 amide bonds. The Hall–Kier alpha value is -3.43. The van der Waals surface area contributed by atoms with E-state index in [1.54, 1.807) is 19.2 Å². The lowest BCUT2D eigenvalue weighted by Crippen LogP contribution is -2.61. The molecule has 2 aliphatic heterocycles. The first-order chi connectivity index (χ1) is 21.9. The number of nitrogens with one attached hydrogen (secondary N) is 2. The fraction of sp³-hybridized carbons (Fsp3) is 0.562. The number of nitrogens with zero attached hydrogens (tertiary/aromatic N) is 2. The van der Waals surface area contributed by atoms with Crippen molar-refractivity contribution in [3.63, 3.8) is 0 Å². The van der Waals surface area contributed by atoms with Gasteiger partial charge in [0.1, 0.15) is 6.09 Å². The molecule has 0 aliphatic carbocycles. The molecule has 2 aromatic carbocycles. The largest absolute Gasteiger partial charge is 0.530 e. The lowest BCUT2D eigenvalue weighted by Gasteiger charge is -2.43. The number of fused-ring (bicyclic) bond motifs is 1. The van der Waals surface area contributed by atoms with Crippen molar-refractivity contribution < 1.29 is 42.4 Å². The molecule has 46 heavy (non-hydrogen) atoms. The van der Waals surface area contributed by atoms with Crippen LogP contribution < -0.4 is 15.7 Å². The minimum Gasteiger partial charge on any atom is -0.530 e. The van der Waals surface area contributed by atoms with Gasteiger partial charge in [-0.15, -0.1) is 0 Å². The van der Waals surface area contributed by atoms with E-state index in [0.717, 1.165) is 10.5 Å². The summed E-state index contributed by atoms with van der Waals surface area (Å²) in [7, 11) is -1.26. The van der Waals surface area contributed by atoms with Crippen LogP contribution in [0.2, 0.25) is 0 Å². The Balaban J connectivity index is 1.69. The van der Waals surface area contributed by atoms with Crippen LogP contribution in [0, 0.1) is 11.3 Å². The molecule has 2 saturated heterocycles. The zero-order valence-electron chi connectivity index (χ0n) is 26.8. The third-order valence-electron chi connectivity index (χ3n) is 8.68. The van der Waals surface area contributed by atoms with Gasteiger partial charge in [0, 0.05) is 38.3 Å². The summed E-state index contributed by atoms with van der Waals surface area (Å²) in [6.07, 6.45) is -2.99. The average Bonchev–Trinajstić information content (AvgIpc) is 3.65. The molecule has 13 nitrogen and oxygen atoms in total. The third kappa shape index (κ3) is 8.68. The standard InChI is InChI=1S/C32H46N4O9S/c1-32(2,14-15-34-30(38)43-4)21-35(46(41,42)24-12-8-11-23(18-24)33-3)19-28(37)26(17-22-9-6-5-7-10-22)36(31(39)40)27-20-45-29-25(27)13-16-44-29/h5-12,18,25-29,33,37H,13-17,19-21H2,1-4H3,(H,34,38)(H,39,40)/p-1/t25-,26-,27-,28+,29+/m0/s1. The number of benzene rings is 2. The Morgan fingerprint density at radius 3 is 2.57 bits per heavy atom. The number of rotatable bonds is 15. The first kappa shape index (κ1) is 35.4. The van der Waals surface area contributed by atoms with Gasteiger partial charge in [-0.05, 0) is 48.4 Å². The topological polar surface area (TPSA) is 170 Å². The monoisotopic (exact) mass is 661 g/mol. The summed E-state index contributed by atoms with van der Waals surface area (Å²) >= 11 is 0. The van der Waals surface area contributed by atoms with Gasteiger partial charge in [0.25, 0.3) is 0 Å². The van der Waals surface area contributed by atoms with E-state index >= 15 is 0 Å². The van der Waals surface area contributed by atoms with Gasteiger partial charge in [-0.1, -0.05) is 50.2 Å². The van der Waals surface area contributed by atoms with Gasteiger partial charge < -0.3 is 44.8 Å². The molecule has 0 unspecified atom stereocenters. The summed E-state index contributed by atoms with van der Waals surface area (Å²) < 4.78 is 45.7. The van der Waals surface area contributed by atoms with Crippen LogP contribution in [0.5, 0.6) is 0 Å². The van der Waals surface area contributed by atoms with Crippen molar-refractivity contribution in [1.29, 1.82) is 0 Å². The van der Waals surface area contributed by atoms with Crippen molar-refractivity contribution in [3.05, 3.63) is 60.2 Å². The van der Waals surface area contributed by atoms with Crippen molar-refractivity contribution in [3.8, 4) is 0 Å². The summed E-state index contributed by atoms with van der Waals surface area (Å²) in [5, 5.41) is 30.4. The van der Waals surface area contributed by atoms with Crippen molar-refractivity contribution in [2.45, 2.75) is 62.5 Å². The highest BCUT2D eigenvalue weighted by atomic mass is 32.2. The average molecular weight is 662 g/mol. The number of anilines is 1. The van der Waals surface area contributed by atoms with Gasteiger partial charge in [0.15, 0.2) is 6.29 Å². The van der Waals surface area contributed by atoms with Gasteiger partial charge in [-0.25, -0.2) is 13.2 Å². The molecule has 0 saturated carbocycles. The fourth-order valence-electron chi connectivity index (χ4n) is 6.19. The maximum absolute atomic E-state index is 14.3. The zero-order valence-corrected chi connectivity index (χ0v) is 27.6. The Bertz CT molecular complexity index is 1430. The molecule has 14 heteroatoms. The molecule has 2 aromatic rings. The predicted molar refractivity (Wildman–Crippen MR) is 168 cm³/mol. The van der Waals surface area contributed by atoms with E-state index in [0.29, 0.717) is 25.1 Å². The highest BCUT2D eigenvalue weighted by molar-refractivity contribution is 7.89. The van der Waals surface area contributed by atoms with Crippen LogP contribution in [-0.2, 0) is 30.7 Å². The Kier molecular flexibility index (Phi) is 11.9. The van der Waals surface area contributed by atoms with Gasteiger partial charge in [-0.2, -0.15) is 4.31 Å². The number of alkyl carbamates (subject to hydrolysis) is 1. The minimum atomic E-state index is -4.20. The molecule has 2 fully saturated rings. The fourth-order valence-corrected chi connectivity index (χ4v) is 7.88. The van der Waals surface area contributed by atoms with Gasteiger partial charge in [-0.3, -0.25) is 0 Å². The summed E-state index contributed by atoms with van der Waals surface area (Å²) in [5.74, 6) is -0.242. The van der Waals surface area contributed by atoms with Crippen molar-refractivity contribution in [2.24, 2.45) is 11.3 Å². The van der Waals surface area contributed by atoms with Crippen LogP contribution in [0.4, 0.5) is 15.3 Å². The SMILES string of the molecule is CNc1cccc(S(=O)(=O)N(C[C@@H](O)[C@H](Cc2ccccc2)N(C(=O)[O-])[C@H]2CO[C@H]3OCC[C@H]32)CC(C)(C)CCNC(=O)OC)c1. The van der Waals surface area contributed by atoms with E-state index in [2.05, 4.69) is 15.4 Å². The number of methoxy groups -OCH3 is 1. The number of amides is 2. The lowest BCUT2D eigenvalue weighted by atomic mass is 9.89. The first-order valence-corrected chi connectivity index (χ1v) is 16.8. The number of hydrogen-bond acceptors (Lipinski definition) is 10. The number of carboxylic acid groups (broad SMARTS) is 1. The maximum atomic E-state index is 14.3. The lowest BCUT2D eigenvalue weighted by molar-refractivity contribution is -0.273. The van der Waals surface area contributed by atoms with Crippen LogP contribution in [0.25, 0.3) is 0 Å². The summed E-state index contributed by atoms with van der Waals surface area (Å²) in [4.78, 5) is 25.6. The number of sulfonamides is 1. The van der Waals surface area contributed by atoms with E-state index in [9.17, 15) is 28.2 Å². The van der Waals surface area contributed by atoms with Crippen molar-refractivity contribution in [2.75, 3.05) is 52.3 Å². The van der Waals surface area contributed by atoms with E-state index in [-0.39, 0.29) is 36.9 Å². The molecule has 2 heterocycles. The zero-order chi connectivity index (χ0) is 33.5. The first-order valence-electron chi connectivity index (χ1n) is 15.4. The van der Waals surface area contributed by atoms with E-state index in [4.69, 9.17) is 9.47 Å². The second-order valence-electron chi connectivity index (χ2n) is 12.5. The normalized spacial score (nSPS) is 21.0. The van der Waals surface area contributed by atoms with Crippen LogP contribution in [0.3, 0.4) is 0 Å². The Morgan fingerprint density at radius 1 is 1.15 bits per heavy atom. The minimum absolute atomic E-state index is 0.0153. The van der Waals surface area contributed by atoms with Crippen LogP contribution >= 0.6 is 0 Å². The number of ether oxygens (including phenoxy) is 3. The van der Waals surface area contributed by atoms with Crippen LogP contribution in [-0.4, -0.2) is 106 Å². The highest BCUT2D eigenvalue weighted by Gasteiger charge is 2.47. The summed E-state index contributed by atoms with van der Waals surface area (Å²) in [6, 6.07) is 13.8. The number of aliphatic hydroxyl groups excluding tert-OH is 1. The summed E-state index contributed by atoms with van der Waals surface area (Å²) in [6.45, 7) is 4.00. The quantitative estimate of drug-likeness (QED) is 0.256. The van der Waals surface area contributed by atoms with Crippen molar-refractivity contribution >= 4 is 27.9 Å². The smallest absolute Gasteiger partial charge is 0.406 e. The Morgan fingerprint density at radius 2 is 1.89 bits per heavy atom. The Labute approximate surface area is 270 Å². The molecule has 0 aromatic heterocycles. The molecule has 2 aliphatic rings. The number of carbonyl (C=O) groups excluding carboxylic acids is 2. The highest BCUT2D eigenvalue weighted by Crippen LogP contribution is 2.36. The van der Waals surface area contributed by atoms with Gasteiger partial charge in [0.2, 0.25) is 10.0 Å². The second-order valence-corrected chi connectivity index (χ2v) is 14.4. The van der Waals surface area contributed by atoms with Gasteiger partial charge in [0.05, 0.1) is 43.4 Å². The van der Waals surface area contributed by atoms with E-state index in [1.165, 1.54) is 23.5 Å². The molecule has 0 radical (unpaired) electrons. The maximum Gasteiger partial charge on any atom is 0.406 e. The molecular formula is C32H45N4O9S-. The molecule has 3 N–H and O–H groups in total. The number of hydrogen-bond donors (Lipinski definition) is 3. The molecule has 5 atom stereocenters. The third-order valence-corrected chi connectivity index (χ3v) is 10.5. The van der Waals surface area contributed by atoms with E-state index < -0.39 is 58.6 Å².